The van der Waals surface area contributed by atoms with E-state index in [1.165, 1.54) is 15.9 Å². The van der Waals surface area contributed by atoms with Gasteiger partial charge in [0.15, 0.2) is 0 Å². The van der Waals surface area contributed by atoms with Crippen LogP contribution in [0.25, 0.3) is 0 Å². The van der Waals surface area contributed by atoms with E-state index >= 15 is 0 Å². The van der Waals surface area contributed by atoms with Gasteiger partial charge < -0.3 is 37.2 Å². The zero-order valence-corrected chi connectivity index (χ0v) is 19.2. The monoisotopic (exact) mass is 442 g/mol. The van der Waals surface area contributed by atoms with E-state index in [9.17, 15) is 0 Å². The van der Waals surface area contributed by atoms with E-state index in [1.807, 2.05) is 0 Å². The van der Waals surface area contributed by atoms with Crippen molar-refractivity contribution in [3.63, 3.8) is 0 Å². The molecule has 0 N–H and O–H groups in total. The minimum Gasteiger partial charge on any atom is -1.00 e. The molecule has 1 aliphatic rings. The largest absolute Gasteiger partial charge is 4.00 e. The van der Waals surface area contributed by atoms with Gasteiger partial charge in [0.05, 0.1) is 8.07 Å². The van der Waals surface area contributed by atoms with Crippen molar-refractivity contribution in [2.75, 3.05) is 0 Å². The first kappa shape index (κ1) is 26.9. The molecule has 0 aliphatic heterocycles. The van der Waals surface area contributed by atoms with Crippen LogP contribution in [0, 0.1) is 6.08 Å². The van der Waals surface area contributed by atoms with Gasteiger partial charge in [-0.15, -0.1) is 6.42 Å². The quantitative estimate of drug-likeness (QED) is 0.328. The fourth-order valence-electron chi connectivity index (χ4n) is 3.34. The number of hydrogen-bond donors (Lipinski definition) is 0. The molecule has 0 aromatic heterocycles. The van der Waals surface area contributed by atoms with Crippen LogP contribution in [0.3, 0.4) is 0 Å². The zero-order chi connectivity index (χ0) is 14.7. The Hall–Kier alpha value is -0.279. The number of rotatable bonds is 4. The molecule has 0 fully saturated rings. The fraction of sp³-hybridized carbons (Fsp3) is 0.200. The van der Waals surface area contributed by atoms with Crippen molar-refractivity contribution in [2.45, 2.75) is 26.3 Å². The molecule has 0 bridgehead atoms. The first-order chi connectivity index (χ1) is 10.3. The second kappa shape index (κ2) is 12.2. The van der Waals surface area contributed by atoms with Crippen molar-refractivity contribution < 1.29 is 58.9 Å². The van der Waals surface area contributed by atoms with E-state index in [2.05, 4.69) is 86.3 Å². The third kappa shape index (κ3) is 5.35. The standard InChI is InChI=1S/C20H21Si.3ClH.Ti/c1-3-17-11-10-16-20(17)21(2,18-12-6-4-7-13-18)19-14-8-5-9-15-19;;;;/h4-9,12-16H,3,10H2,1-2H3;3*1H;/q-1;;;;+4/p-3. The van der Waals surface area contributed by atoms with Crippen molar-refractivity contribution in [1.29, 1.82) is 0 Å². The molecule has 0 radical (unpaired) electrons. The molecule has 0 spiro atoms. The van der Waals surface area contributed by atoms with Gasteiger partial charge in [-0.3, -0.25) is 6.08 Å². The summed E-state index contributed by atoms with van der Waals surface area (Å²) in [5, 5.41) is 4.52. The average Bonchev–Trinajstić information content (AvgIpc) is 3.05. The molecular formula is C20H21Cl3SiTi. The molecule has 0 saturated carbocycles. The van der Waals surface area contributed by atoms with Crippen molar-refractivity contribution in [1.82, 2.24) is 0 Å². The molecule has 5 heteroatoms. The molecule has 0 saturated heterocycles. The van der Waals surface area contributed by atoms with Gasteiger partial charge in [-0.05, 0) is 0 Å². The molecule has 0 unspecified atom stereocenters. The van der Waals surface area contributed by atoms with Crippen LogP contribution in [0.1, 0.15) is 19.8 Å². The van der Waals surface area contributed by atoms with Crippen LogP contribution in [0.15, 0.2) is 77.5 Å². The van der Waals surface area contributed by atoms with Crippen LogP contribution in [-0.4, -0.2) is 8.07 Å². The minimum absolute atomic E-state index is 0. The van der Waals surface area contributed by atoms with Crippen molar-refractivity contribution in [2.24, 2.45) is 0 Å². The Morgan fingerprint density at radius 1 is 0.840 bits per heavy atom. The van der Waals surface area contributed by atoms with Crippen LogP contribution in [0.2, 0.25) is 6.55 Å². The van der Waals surface area contributed by atoms with E-state index in [0.29, 0.717) is 0 Å². The summed E-state index contributed by atoms with van der Waals surface area (Å²) in [6.45, 7) is 4.72. The average molecular weight is 444 g/mol. The Morgan fingerprint density at radius 3 is 1.68 bits per heavy atom. The van der Waals surface area contributed by atoms with Gasteiger partial charge >= 0.3 is 21.7 Å². The summed E-state index contributed by atoms with van der Waals surface area (Å²) < 4.78 is 0. The molecule has 0 atom stereocenters. The van der Waals surface area contributed by atoms with Gasteiger partial charge in [0.25, 0.3) is 0 Å². The number of benzene rings is 2. The Labute approximate surface area is 186 Å². The maximum atomic E-state index is 3.56. The number of halogens is 3. The first-order valence-electron chi connectivity index (χ1n) is 7.68. The SMILES string of the molecule is CCC1=[C-]CC=C1[Si](C)(c1ccccc1)c1ccccc1.[Cl-].[Cl-].[Cl-].[Ti+4]. The second-order valence-electron chi connectivity index (χ2n) is 5.69. The molecule has 0 amide bonds. The first-order valence-corrected chi connectivity index (χ1v) is 10.2. The molecule has 3 rings (SSSR count). The molecule has 2 aromatic carbocycles. The van der Waals surface area contributed by atoms with Gasteiger partial charge in [-0.25, -0.2) is 5.57 Å². The molecule has 130 valence electrons. The van der Waals surface area contributed by atoms with E-state index in [4.69, 9.17) is 0 Å². The van der Waals surface area contributed by atoms with Gasteiger partial charge in [0, 0.05) is 0 Å². The van der Waals surface area contributed by atoms with Crippen LogP contribution >= 0.6 is 0 Å². The van der Waals surface area contributed by atoms with Crippen LogP contribution in [0.5, 0.6) is 0 Å². The van der Waals surface area contributed by atoms with Crippen LogP contribution in [0.4, 0.5) is 0 Å². The maximum Gasteiger partial charge on any atom is 4.00 e. The summed E-state index contributed by atoms with van der Waals surface area (Å²) >= 11 is 0. The van der Waals surface area contributed by atoms with Crippen molar-refractivity contribution >= 4 is 18.4 Å². The molecule has 0 heterocycles. The normalized spacial score (nSPS) is 12.4. The van der Waals surface area contributed by atoms with E-state index in [-0.39, 0.29) is 58.9 Å². The Balaban J connectivity index is 0. The second-order valence-corrected chi connectivity index (χ2v) is 9.63. The van der Waals surface area contributed by atoms with E-state index in [1.54, 1.807) is 5.20 Å². The van der Waals surface area contributed by atoms with Gasteiger partial charge in [-0.1, -0.05) is 90.9 Å². The van der Waals surface area contributed by atoms with Crippen molar-refractivity contribution in [3.8, 4) is 0 Å². The van der Waals surface area contributed by atoms with E-state index in [0.717, 1.165) is 12.8 Å². The summed E-state index contributed by atoms with van der Waals surface area (Å²) in [4.78, 5) is 0. The summed E-state index contributed by atoms with van der Waals surface area (Å²) in [6.07, 6.45) is 8.02. The van der Waals surface area contributed by atoms with Gasteiger partial charge in [0.2, 0.25) is 0 Å². The maximum absolute atomic E-state index is 3.56. The Kier molecular flexibility index (Phi) is 13.1. The Morgan fingerprint density at radius 2 is 1.28 bits per heavy atom. The summed E-state index contributed by atoms with van der Waals surface area (Å²) in [6, 6.07) is 22.1. The van der Waals surface area contributed by atoms with E-state index < -0.39 is 8.07 Å². The number of allylic oxidation sites excluding steroid dienone is 4. The Bertz CT molecular complexity index is 645. The molecule has 25 heavy (non-hydrogen) atoms. The minimum atomic E-state index is -1.89. The predicted octanol–water partition coefficient (Wildman–Crippen LogP) is -5.10. The van der Waals surface area contributed by atoms with Gasteiger partial charge in [0.1, 0.15) is 0 Å². The van der Waals surface area contributed by atoms with Crippen LogP contribution < -0.4 is 47.6 Å². The predicted molar refractivity (Wildman–Crippen MR) is 93.5 cm³/mol. The third-order valence-corrected chi connectivity index (χ3v) is 9.10. The molecule has 2 aromatic rings. The third-order valence-electron chi connectivity index (χ3n) is 4.54. The van der Waals surface area contributed by atoms with Crippen LogP contribution in [-0.2, 0) is 21.7 Å². The summed E-state index contributed by atoms with van der Waals surface area (Å²) in [7, 11) is -1.89. The fourth-order valence-corrected chi connectivity index (χ4v) is 7.39. The summed E-state index contributed by atoms with van der Waals surface area (Å²) in [5.74, 6) is 0. The molecule has 1 aliphatic carbocycles. The smallest absolute Gasteiger partial charge is 1.00 e. The topological polar surface area (TPSA) is 0 Å². The molecule has 0 nitrogen and oxygen atoms in total. The number of hydrogen-bond acceptors (Lipinski definition) is 0. The van der Waals surface area contributed by atoms with Gasteiger partial charge in [-0.2, -0.15) is 11.3 Å². The summed E-state index contributed by atoms with van der Waals surface area (Å²) in [5.41, 5.74) is 1.43. The zero-order valence-electron chi connectivity index (χ0n) is 14.4. The van der Waals surface area contributed by atoms with Crippen molar-refractivity contribution in [3.05, 3.63) is 83.6 Å². The molecular weight excluding hydrogens is 423 g/mol.